The van der Waals surface area contributed by atoms with E-state index < -0.39 is 0 Å². The van der Waals surface area contributed by atoms with Gasteiger partial charge in [0.1, 0.15) is 11.6 Å². The highest BCUT2D eigenvalue weighted by molar-refractivity contribution is 5.41. The first-order chi connectivity index (χ1) is 8.79. The molecule has 100 valence electrons. The molecule has 1 saturated heterocycles. The molecule has 5 nitrogen and oxygen atoms in total. The molecule has 1 aliphatic rings. The summed E-state index contributed by atoms with van der Waals surface area (Å²) in [6.45, 7) is 8.56. The van der Waals surface area contributed by atoms with Crippen molar-refractivity contribution in [2.24, 2.45) is 0 Å². The summed E-state index contributed by atoms with van der Waals surface area (Å²) < 4.78 is 0. The number of nitrogens with zero attached hydrogens (tertiary/aromatic N) is 3. The molecule has 2 heterocycles. The Labute approximate surface area is 109 Å². The molecule has 5 heteroatoms. The highest BCUT2D eigenvalue weighted by atomic mass is 15.2. The molecule has 1 atom stereocenters. The van der Waals surface area contributed by atoms with Crippen LogP contribution in [0, 0.1) is 0 Å². The summed E-state index contributed by atoms with van der Waals surface area (Å²) in [7, 11) is 0. The van der Waals surface area contributed by atoms with Gasteiger partial charge in [-0.15, -0.1) is 0 Å². The standard InChI is InChI=1S/C13H23N5/c1-3-15-12-9-14-10-13(17-12)16-8-11(2)18-6-4-5-7-18/h9-11H,3-8H2,1-2H3,(H2,15,16,17). The van der Waals surface area contributed by atoms with E-state index in [4.69, 9.17) is 0 Å². The van der Waals surface area contributed by atoms with Crippen molar-refractivity contribution in [2.45, 2.75) is 32.7 Å². The zero-order valence-electron chi connectivity index (χ0n) is 11.3. The molecule has 0 spiro atoms. The van der Waals surface area contributed by atoms with E-state index >= 15 is 0 Å². The maximum Gasteiger partial charge on any atom is 0.147 e. The van der Waals surface area contributed by atoms with Crippen LogP contribution in [0.15, 0.2) is 12.4 Å². The Morgan fingerprint density at radius 3 is 2.56 bits per heavy atom. The second-order valence-corrected chi connectivity index (χ2v) is 4.79. The Hall–Kier alpha value is -1.36. The molecule has 0 aliphatic carbocycles. The first kappa shape index (κ1) is 13.1. The predicted octanol–water partition coefficient (Wildman–Crippen LogP) is 1.80. The molecule has 1 aromatic heterocycles. The largest absolute Gasteiger partial charge is 0.369 e. The number of hydrogen-bond donors (Lipinski definition) is 2. The molecule has 2 N–H and O–H groups in total. The lowest BCUT2D eigenvalue weighted by Gasteiger charge is -2.24. The van der Waals surface area contributed by atoms with E-state index in [-0.39, 0.29) is 0 Å². The topological polar surface area (TPSA) is 53.1 Å². The number of nitrogens with one attached hydrogen (secondary N) is 2. The summed E-state index contributed by atoms with van der Waals surface area (Å²) in [5.41, 5.74) is 0. The molecular weight excluding hydrogens is 226 g/mol. The Balaban J connectivity index is 1.83. The molecule has 0 saturated carbocycles. The van der Waals surface area contributed by atoms with Gasteiger partial charge in [0.2, 0.25) is 0 Å². The summed E-state index contributed by atoms with van der Waals surface area (Å²) in [5.74, 6) is 1.68. The van der Waals surface area contributed by atoms with Crippen molar-refractivity contribution < 1.29 is 0 Å². The molecule has 1 aromatic rings. The van der Waals surface area contributed by atoms with Crippen molar-refractivity contribution >= 4 is 11.6 Å². The minimum Gasteiger partial charge on any atom is -0.369 e. The van der Waals surface area contributed by atoms with E-state index in [0.29, 0.717) is 6.04 Å². The Kier molecular flexibility index (Phi) is 4.75. The molecule has 2 rings (SSSR count). The van der Waals surface area contributed by atoms with Gasteiger partial charge in [-0.25, -0.2) is 4.98 Å². The van der Waals surface area contributed by atoms with Gasteiger partial charge in [0.05, 0.1) is 12.4 Å². The van der Waals surface area contributed by atoms with Crippen LogP contribution in [-0.4, -0.2) is 47.1 Å². The van der Waals surface area contributed by atoms with Crippen LogP contribution in [-0.2, 0) is 0 Å². The molecule has 0 aromatic carbocycles. The third-order valence-electron chi connectivity index (χ3n) is 3.34. The lowest BCUT2D eigenvalue weighted by Crippen LogP contribution is -2.35. The average molecular weight is 249 g/mol. The maximum absolute atomic E-state index is 4.46. The average Bonchev–Trinajstić information content (AvgIpc) is 2.91. The summed E-state index contributed by atoms with van der Waals surface area (Å²) >= 11 is 0. The SMILES string of the molecule is CCNc1cncc(NCC(C)N2CCCC2)n1. The van der Waals surface area contributed by atoms with Crippen LogP contribution in [0.5, 0.6) is 0 Å². The second kappa shape index (κ2) is 6.54. The van der Waals surface area contributed by atoms with Gasteiger partial charge in [-0.05, 0) is 39.8 Å². The van der Waals surface area contributed by atoms with Crippen molar-refractivity contribution in [1.82, 2.24) is 14.9 Å². The molecule has 0 bridgehead atoms. The van der Waals surface area contributed by atoms with Crippen LogP contribution in [0.25, 0.3) is 0 Å². The third-order valence-corrected chi connectivity index (χ3v) is 3.34. The number of likely N-dealkylation sites (tertiary alicyclic amines) is 1. The monoisotopic (exact) mass is 249 g/mol. The molecule has 0 radical (unpaired) electrons. The summed E-state index contributed by atoms with van der Waals surface area (Å²) in [6, 6.07) is 0.553. The van der Waals surface area contributed by atoms with Crippen LogP contribution in [0.3, 0.4) is 0 Å². The van der Waals surface area contributed by atoms with E-state index in [9.17, 15) is 0 Å². The third kappa shape index (κ3) is 3.57. The van der Waals surface area contributed by atoms with E-state index in [1.54, 1.807) is 12.4 Å². The van der Waals surface area contributed by atoms with E-state index in [1.807, 2.05) is 0 Å². The summed E-state index contributed by atoms with van der Waals surface area (Å²) in [5, 5.41) is 6.53. The Morgan fingerprint density at radius 2 is 1.89 bits per heavy atom. The molecule has 1 unspecified atom stereocenters. The smallest absolute Gasteiger partial charge is 0.147 e. The maximum atomic E-state index is 4.46. The fourth-order valence-corrected chi connectivity index (χ4v) is 2.28. The lowest BCUT2D eigenvalue weighted by atomic mass is 10.3. The van der Waals surface area contributed by atoms with Gasteiger partial charge in [0.25, 0.3) is 0 Å². The van der Waals surface area contributed by atoms with Gasteiger partial charge in [-0.2, -0.15) is 0 Å². The van der Waals surface area contributed by atoms with Crippen LogP contribution in [0.1, 0.15) is 26.7 Å². The second-order valence-electron chi connectivity index (χ2n) is 4.79. The minimum atomic E-state index is 0.553. The van der Waals surface area contributed by atoms with Crippen LogP contribution in [0.2, 0.25) is 0 Å². The molecule has 1 fully saturated rings. The zero-order valence-corrected chi connectivity index (χ0v) is 11.3. The fourth-order valence-electron chi connectivity index (χ4n) is 2.28. The first-order valence-corrected chi connectivity index (χ1v) is 6.83. The van der Waals surface area contributed by atoms with Crippen LogP contribution >= 0.6 is 0 Å². The minimum absolute atomic E-state index is 0.553. The summed E-state index contributed by atoms with van der Waals surface area (Å²) in [6.07, 6.45) is 6.19. The zero-order chi connectivity index (χ0) is 12.8. The fraction of sp³-hybridized carbons (Fsp3) is 0.692. The number of aromatic nitrogens is 2. The van der Waals surface area contributed by atoms with Crippen molar-refractivity contribution in [3.8, 4) is 0 Å². The number of hydrogen-bond acceptors (Lipinski definition) is 5. The van der Waals surface area contributed by atoms with Gasteiger partial charge in [-0.3, -0.25) is 9.88 Å². The van der Waals surface area contributed by atoms with Gasteiger partial charge in [0.15, 0.2) is 0 Å². The van der Waals surface area contributed by atoms with Gasteiger partial charge < -0.3 is 10.6 Å². The number of anilines is 2. The predicted molar refractivity (Wildman–Crippen MR) is 75.0 cm³/mol. The normalized spacial score (nSPS) is 17.7. The highest BCUT2D eigenvalue weighted by Gasteiger charge is 2.17. The Morgan fingerprint density at radius 1 is 1.22 bits per heavy atom. The van der Waals surface area contributed by atoms with Crippen molar-refractivity contribution in [1.29, 1.82) is 0 Å². The quantitative estimate of drug-likeness (QED) is 0.805. The molecular formula is C13H23N5. The molecule has 18 heavy (non-hydrogen) atoms. The van der Waals surface area contributed by atoms with E-state index in [2.05, 4.69) is 39.3 Å². The van der Waals surface area contributed by atoms with Gasteiger partial charge in [0, 0.05) is 19.1 Å². The lowest BCUT2D eigenvalue weighted by molar-refractivity contribution is 0.269. The van der Waals surface area contributed by atoms with Crippen molar-refractivity contribution in [3.63, 3.8) is 0 Å². The molecule has 1 aliphatic heterocycles. The van der Waals surface area contributed by atoms with Crippen LogP contribution in [0.4, 0.5) is 11.6 Å². The van der Waals surface area contributed by atoms with E-state index in [1.165, 1.54) is 25.9 Å². The van der Waals surface area contributed by atoms with Gasteiger partial charge in [-0.1, -0.05) is 0 Å². The van der Waals surface area contributed by atoms with Crippen LogP contribution < -0.4 is 10.6 Å². The Bertz CT molecular complexity index is 362. The first-order valence-electron chi connectivity index (χ1n) is 6.83. The van der Waals surface area contributed by atoms with Gasteiger partial charge >= 0.3 is 0 Å². The van der Waals surface area contributed by atoms with Crippen molar-refractivity contribution in [2.75, 3.05) is 36.8 Å². The molecule has 0 amide bonds. The van der Waals surface area contributed by atoms with Crippen molar-refractivity contribution in [3.05, 3.63) is 12.4 Å². The highest BCUT2D eigenvalue weighted by Crippen LogP contribution is 2.12. The summed E-state index contributed by atoms with van der Waals surface area (Å²) in [4.78, 5) is 11.2. The van der Waals surface area contributed by atoms with E-state index in [0.717, 1.165) is 24.7 Å². The number of rotatable bonds is 6.